The lowest BCUT2D eigenvalue weighted by molar-refractivity contribution is -0.137. The molecule has 150 valence electrons. The minimum absolute atomic E-state index is 0.130. The molecule has 0 heterocycles. The number of carbonyl (C=O) groups is 2. The molecule has 0 atom stereocenters. The van der Waals surface area contributed by atoms with Crippen molar-refractivity contribution in [1.82, 2.24) is 0 Å². The van der Waals surface area contributed by atoms with Crippen LogP contribution in [0.1, 0.15) is 40.9 Å². The number of aryl methyl sites for hydroxylation is 2. The van der Waals surface area contributed by atoms with Gasteiger partial charge in [-0.1, -0.05) is 12.1 Å². The van der Waals surface area contributed by atoms with Gasteiger partial charge in [-0.3, -0.25) is 0 Å². The zero-order valence-corrected chi connectivity index (χ0v) is 16.9. The first-order valence-electron chi connectivity index (χ1n) is 9.24. The van der Waals surface area contributed by atoms with Gasteiger partial charge in [0.25, 0.3) is 0 Å². The second kappa shape index (κ2) is 10.1. The van der Waals surface area contributed by atoms with Crippen molar-refractivity contribution in [1.29, 1.82) is 5.26 Å². The van der Waals surface area contributed by atoms with E-state index in [1.807, 2.05) is 26.0 Å². The van der Waals surface area contributed by atoms with Gasteiger partial charge in [0.15, 0.2) is 11.5 Å². The average Bonchev–Trinajstić information content (AvgIpc) is 2.70. The van der Waals surface area contributed by atoms with Crippen LogP contribution in [-0.4, -0.2) is 25.2 Å². The van der Waals surface area contributed by atoms with E-state index >= 15 is 0 Å². The highest BCUT2D eigenvalue weighted by atomic mass is 16.6. The topological polar surface area (TPSA) is 85.6 Å². The number of carbonyl (C=O) groups excluding carboxylic acids is 2. The van der Waals surface area contributed by atoms with E-state index in [0.29, 0.717) is 23.5 Å². The molecule has 0 saturated carbocycles. The molecule has 0 radical (unpaired) electrons. The number of nitrogens with zero attached hydrogens (tertiary/aromatic N) is 1. The average molecular weight is 393 g/mol. The van der Waals surface area contributed by atoms with Gasteiger partial charge in [0.1, 0.15) is 11.6 Å². The molecule has 0 aromatic heterocycles. The molecule has 0 fully saturated rings. The Labute approximate surface area is 170 Å². The smallest absolute Gasteiger partial charge is 0.348 e. The highest BCUT2D eigenvalue weighted by molar-refractivity contribution is 5.98. The molecule has 0 aliphatic heterocycles. The minimum Gasteiger partial charge on any atom is -0.490 e. The fourth-order valence-corrected chi connectivity index (χ4v) is 2.51. The quantitative estimate of drug-likeness (QED) is 0.300. The van der Waals surface area contributed by atoms with E-state index in [2.05, 4.69) is 0 Å². The summed E-state index contributed by atoms with van der Waals surface area (Å²) < 4.78 is 15.9. The number of esters is 2. The molecule has 2 aromatic carbocycles. The molecule has 6 heteroatoms. The Morgan fingerprint density at radius 2 is 1.76 bits per heavy atom. The van der Waals surface area contributed by atoms with Gasteiger partial charge in [-0.15, -0.1) is 0 Å². The zero-order valence-electron chi connectivity index (χ0n) is 16.9. The van der Waals surface area contributed by atoms with Gasteiger partial charge < -0.3 is 14.2 Å². The third-order valence-electron chi connectivity index (χ3n) is 4.14. The second-order valence-corrected chi connectivity index (χ2v) is 6.22. The maximum absolute atomic E-state index is 12.5. The van der Waals surface area contributed by atoms with Crippen LogP contribution in [0.25, 0.3) is 6.08 Å². The van der Waals surface area contributed by atoms with Gasteiger partial charge in [0.2, 0.25) is 0 Å². The van der Waals surface area contributed by atoms with Gasteiger partial charge >= 0.3 is 11.9 Å². The zero-order chi connectivity index (χ0) is 21.4. The first-order valence-corrected chi connectivity index (χ1v) is 9.24. The maximum Gasteiger partial charge on any atom is 0.348 e. The fourth-order valence-electron chi connectivity index (χ4n) is 2.51. The summed E-state index contributed by atoms with van der Waals surface area (Å²) in [7, 11) is 0. The molecule has 0 bridgehead atoms. The van der Waals surface area contributed by atoms with Crippen LogP contribution >= 0.6 is 0 Å². The third-order valence-corrected chi connectivity index (χ3v) is 4.14. The van der Waals surface area contributed by atoms with Crippen molar-refractivity contribution < 1.29 is 23.8 Å². The Kier molecular flexibility index (Phi) is 7.55. The van der Waals surface area contributed by atoms with Crippen molar-refractivity contribution in [2.75, 3.05) is 13.2 Å². The van der Waals surface area contributed by atoms with Crippen LogP contribution in [-0.2, 0) is 9.53 Å². The van der Waals surface area contributed by atoms with Crippen LogP contribution in [0, 0.1) is 25.2 Å². The molecule has 0 unspecified atom stereocenters. The molecule has 0 aliphatic rings. The molecule has 0 amide bonds. The second-order valence-electron chi connectivity index (χ2n) is 6.22. The lowest BCUT2D eigenvalue weighted by Gasteiger charge is -2.12. The maximum atomic E-state index is 12.5. The van der Waals surface area contributed by atoms with Crippen LogP contribution in [0.3, 0.4) is 0 Å². The van der Waals surface area contributed by atoms with Crippen LogP contribution < -0.4 is 9.47 Å². The summed E-state index contributed by atoms with van der Waals surface area (Å²) in [4.78, 5) is 24.3. The monoisotopic (exact) mass is 393 g/mol. The number of rotatable bonds is 7. The summed E-state index contributed by atoms with van der Waals surface area (Å²) in [5, 5.41) is 9.18. The normalized spacial score (nSPS) is 10.8. The van der Waals surface area contributed by atoms with E-state index in [4.69, 9.17) is 14.2 Å². The van der Waals surface area contributed by atoms with Crippen molar-refractivity contribution >= 4 is 18.0 Å². The molecular formula is C23H23NO5. The number of hydrogen-bond acceptors (Lipinski definition) is 6. The predicted molar refractivity (Wildman–Crippen MR) is 109 cm³/mol. The van der Waals surface area contributed by atoms with Gasteiger partial charge in [0.05, 0.1) is 18.8 Å². The molecule has 2 aromatic rings. The summed E-state index contributed by atoms with van der Waals surface area (Å²) in [5.41, 5.74) is 2.93. The summed E-state index contributed by atoms with van der Waals surface area (Å²) in [6.07, 6.45) is 1.40. The highest BCUT2D eigenvalue weighted by Crippen LogP contribution is 2.30. The molecule has 0 N–H and O–H groups in total. The van der Waals surface area contributed by atoms with Crippen LogP contribution in [0.4, 0.5) is 0 Å². The van der Waals surface area contributed by atoms with Crippen molar-refractivity contribution in [2.45, 2.75) is 27.7 Å². The van der Waals surface area contributed by atoms with Gasteiger partial charge in [-0.2, -0.15) is 5.26 Å². The SMILES string of the molecule is CCOC(=O)/C(C#N)=C/c1ccc(OC(=O)c2ccc(C)c(C)c2)c(OCC)c1. The lowest BCUT2D eigenvalue weighted by Crippen LogP contribution is -2.10. The first kappa shape index (κ1) is 21.7. The lowest BCUT2D eigenvalue weighted by atomic mass is 10.1. The Morgan fingerprint density at radius 1 is 1.00 bits per heavy atom. The minimum atomic E-state index is -0.696. The molecule has 0 aliphatic carbocycles. The van der Waals surface area contributed by atoms with Crippen molar-refractivity contribution in [3.05, 3.63) is 64.2 Å². The third kappa shape index (κ3) is 5.69. The summed E-state index contributed by atoms with van der Waals surface area (Å²) in [6.45, 7) is 7.89. The molecule has 2 rings (SSSR count). The van der Waals surface area contributed by atoms with E-state index < -0.39 is 11.9 Å². The van der Waals surface area contributed by atoms with Crippen LogP contribution in [0.5, 0.6) is 11.5 Å². The summed E-state index contributed by atoms with van der Waals surface area (Å²) >= 11 is 0. The fraction of sp³-hybridized carbons (Fsp3) is 0.261. The number of benzene rings is 2. The molecule has 0 saturated heterocycles. The van der Waals surface area contributed by atoms with Crippen molar-refractivity contribution in [3.8, 4) is 17.6 Å². The van der Waals surface area contributed by atoms with Crippen molar-refractivity contribution in [2.24, 2.45) is 0 Å². The predicted octanol–water partition coefficient (Wildman–Crippen LogP) is 4.39. The first-order chi connectivity index (χ1) is 13.9. The van der Waals surface area contributed by atoms with E-state index in [1.54, 1.807) is 44.2 Å². The molecule has 6 nitrogen and oxygen atoms in total. The van der Waals surface area contributed by atoms with E-state index in [0.717, 1.165) is 11.1 Å². The molecule has 0 spiro atoms. The standard InChI is InChI=1S/C23H23NO5/c1-5-27-21-13-17(12-19(14-24)22(25)28-6-2)8-10-20(21)29-23(26)18-9-7-15(3)16(4)11-18/h7-13H,5-6H2,1-4H3/b19-12+. The Balaban J connectivity index is 2.31. The highest BCUT2D eigenvalue weighted by Gasteiger charge is 2.15. The molecular weight excluding hydrogens is 370 g/mol. The van der Waals surface area contributed by atoms with Crippen LogP contribution in [0.15, 0.2) is 42.0 Å². The Morgan fingerprint density at radius 3 is 2.38 bits per heavy atom. The Bertz CT molecular complexity index is 985. The number of nitriles is 1. The molecule has 29 heavy (non-hydrogen) atoms. The summed E-state index contributed by atoms with van der Waals surface area (Å²) in [6, 6.07) is 12.0. The number of hydrogen-bond donors (Lipinski definition) is 0. The van der Waals surface area contributed by atoms with E-state index in [-0.39, 0.29) is 17.9 Å². The van der Waals surface area contributed by atoms with E-state index in [9.17, 15) is 14.9 Å². The van der Waals surface area contributed by atoms with Crippen LogP contribution in [0.2, 0.25) is 0 Å². The van der Waals surface area contributed by atoms with Crippen molar-refractivity contribution in [3.63, 3.8) is 0 Å². The van der Waals surface area contributed by atoms with Gasteiger partial charge in [-0.05, 0) is 74.7 Å². The Hall–Kier alpha value is -3.59. The van der Waals surface area contributed by atoms with Gasteiger partial charge in [-0.25, -0.2) is 9.59 Å². The van der Waals surface area contributed by atoms with E-state index in [1.165, 1.54) is 6.08 Å². The largest absolute Gasteiger partial charge is 0.490 e. The number of ether oxygens (including phenoxy) is 3. The van der Waals surface area contributed by atoms with Gasteiger partial charge in [0, 0.05) is 0 Å². The summed E-state index contributed by atoms with van der Waals surface area (Å²) in [5.74, 6) is -0.610.